The zero-order chi connectivity index (χ0) is 14.1. The number of Topliss-reactive ketones (excluding diaryl/α,β-unsaturated/α-hetero) is 1. The van der Waals surface area contributed by atoms with E-state index in [0.29, 0.717) is 22.2 Å². The van der Waals surface area contributed by atoms with E-state index in [1.807, 2.05) is 12.1 Å². The van der Waals surface area contributed by atoms with Crippen LogP contribution >= 0.6 is 15.9 Å². The SMILES string of the molecule is O=C(Cc1cccc(F)c1Br)c1ccc2c(c1)CCO2. The van der Waals surface area contributed by atoms with Gasteiger partial charge in [-0.3, -0.25) is 4.79 Å². The number of ketones is 1. The highest BCUT2D eigenvalue weighted by molar-refractivity contribution is 9.10. The van der Waals surface area contributed by atoms with Crippen molar-refractivity contribution >= 4 is 21.7 Å². The zero-order valence-corrected chi connectivity index (χ0v) is 12.2. The monoisotopic (exact) mass is 334 g/mol. The molecular formula is C16H12BrFO2. The number of carbonyl (C=O) groups is 1. The minimum Gasteiger partial charge on any atom is -0.493 e. The average molecular weight is 335 g/mol. The fourth-order valence-corrected chi connectivity index (χ4v) is 2.72. The van der Waals surface area contributed by atoms with Crippen LogP contribution in [0.2, 0.25) is 0 Å². The van der Waals surface area contributed by atoms with Crippen LogP contribution in [0.3, 0.4) is 0 Å². The molecule has 0 unspecified atom stereocenters. The number of rotatable bonds is 3. The number of fused-ring (bicyclic) bond motifs is 1. The first-order valence-electron chi connectivity index (χ1n) is 6.37. The van der Waals surface area contributed by atoms with Crippen LogP contribution < -0.4 is 4.74 Å². The normalized spacial score (nSPS) is 12.9. The molecule has 2 aromatic rings. The molecule has 0 radical (unpaired) electrons. The van der Waals surface area contributed by atoms with Crippen molar-refractivity contribution in [2.24, 2.45) is 0 Å². The Morgan fingerprint density at radius 1 is 1.30 bits per heavy atom. The quantitative estimate of drug-likeness (QED) is 0.794. The Morgan fingerprint density at radius 2 is 2.15 bits per heavy atom. The zero-order valence-electron chi connectivity index (χ0n) is 10.7. The van der Waals surface area contributed by atoms with Crippen molar-refractivity contribution in [2.45, 2.75) is 12.8 Å². The number of benzene rings is 2. The minimum atomic E-state index is -0.349. The molecule has 0 bridgehead atoms. The predicted octanol–water partition coefficient (Wildman–Crippen LogP) is 3.95. The van der Waals surface area contributed by atoms with Gasteiger partial charge in [-0.1, -0.05) is 12.1 Å². The van der Waals surface area contributed by atoms with Gasteiger partial charge < -0.3 is 4.74 Å². The molecule has 102 valence electrons. The third-order valence-corrected chi connectivity index (χ3v) is 4.28. The van der Waals surface area contributed by atoms with Crippen molar-refractivity contribution in [1.29, 1.82) is 0 Å². The number of hydrogen-bond acceptors (Lipinski definition) is 2. The first-order valence-corrected chi connectivity index (χ1v) is 7.16. The molecular weight excluding hydrogens is 323 g/mol. The molecule has 1 heterocycles. The fraction of sp³-hybridized carbons (Fsp3) is 0.188. The summed E-state index contributed by atoms with van der Waals surface area (Å²) in [6.07, 6.45) is 1.01. The van der Waals surface area contributed by atoms with Gasteiger partial charge in [0.15, 0.2) is 5.78 Å². The summed E-state index contributed by atoms with van der Waals surface area (Å²) in [6, 6.07) is 10.2. The molecule has 1 aliphatic heterocycles. The van der Waals surface area contributed by atoms with Gasteiger partial charge in [0.2, 0.25) is 0 Å². The summed E-state index contributed by atoms with van der Waals surface area (Å²) in [5.41, 5.74) is 2.37. The second kappa shape index (κ2) is 5.37. The molecule has 0 atom stereocenters. The molecule has 20 heavy (non-hydrogen) atoms. The van der Waals surface area contributed by atoms with Gasteiger partial charge in [0.1, 0.15) is 11.6 Å². The largest absolute Gasteiger partial charge is 0.493 e. The van der Waals surface area contributed by atoms with Gasteiger partial charge in [-0.05, 0) is 51.3 Å². The molecule has 0 aliphatic carbocycles. The maximum Gasteiger partial charge on any atom is 0.167 e. The lowest BCUT2D eigenvalue weighted by Gasteiger charge is -2.06. The van der Waals surface area contributed by atoms with Crippen LogP contribution in [-0.2, 0) is 12.8 Å². The van der Waals surface area contributed by atoms with Gasteiger partial charge in [-0.15, -0.1) is 0 Å². The summed E-state index contributed by atoms with van der Waals surface area (Å²) >= 11 is 3.18. The van der Waals surface area contributed by atoms with Gasteiger partial charge in [-0.25, -0.2) is 4.39 Å². The van der Waals surface area contributed by atoms with Crippen LogP contribution in [-0.4, -0.2) is 12.4 Å². The molecule has 0 saturated heterocycles. The van der Waals surface area contributed by atoms with Gasteiger partial charge in [0, 0.05) is 18.4 Å². The third kappa shape index (κ3) is 2.48. The number of hydrogen-bond donors (Lipinski definition) is 0. The smallest absolute Gasteiger partial charge is 0.167 e. The topological polar surface area (TPSA) is 26.3 Å². The van der Waals surface area contributed by atoms with Gasteiger partial charge in [0.05, 0.1) is 11.1 Å². The van der Waals surface area contributed by atoms with E-state index in [1.165, 1.54) is 6.07 Å². The van der Waals surface area contributed by atoms with Crippen LogP contribution in [0.25, 0.3) is 0 Å². The van der Waals surface area contributed by atoms with E-state index in [9.17, 15) is 9.18 Å². The summed E-state index contributed by atoms with van der Waals surface area (Å²) in [6.45, 7) is 0.669. The van der Waals surface area contributed by atoms with E-state index in [2.05, 4.69) is 15.9 Å². The molecule has 0 N–H and O–H groups in total. The van der Waals surface area contributed by atoms with Crippen molar-refractivity contribution in [3.05, 3.63) is 63.4 Å². The lowest BCUT2D eigenvalue weighted by molar-refractivity contribution is 0.0992. The van der Waals surface area contributed by atoms with Crippen LogP contribution in [0.4, 0.5) is 4.39 Å². The van der Waals surface area contributed by atoms with Crippen molar-refractivity contribution in [3.8, 4) is 5.75 Å². The summed E-state index contributed by atoms with van der Waals surface area (Å²) in [5, 5.41) is 0. The van der Waals surface area contributed by atoms with Gasteiger partial charge in [-0.2, -0.15) is 0 Å². The van der Waals surface area contributed by atoms with E-state index >= 15 is 0 Å². The van der Waals surface area contributed by atoms with E-state index in [-0.39, 0.29) is 18.0 Å². The van der Waals surface area contributed by atoms with Crippen molar-refractivity contribution in [3.63, 3.8) is 0 Å². The van der Waals surface area contributed by atoms with E-state index in [0.717, 1.165) is 17.7 Å². The Bertz CT molecular complexity index is 682. The molecule has 0 spiro atoms. The second-order valence-corrected chi connectivity index (χ2v) is 5.53. The molecule has 1 aliphatic rings. The van der Waals surface area contributed by atoms with Gasteiger partial charge in [0.25, 0.3) is 0 Å². The Hall–Kier alpha value is -1.68. The van der Waals surface area contributed by atoms with Crippen LogP contribution in [0, 0.1) is 5.82 Å². The first kappa shape index (κ1) is 13.3. The second-order valence-electron chi connectivity index (χ2n) is 4.73. The van der Waals surface area contributed by atoms with Gasteiger partial charge >= 0.3 is 0 Å². The highest BCUT2D eigenvalue weighted by atomic mass is 79.9. The minimum absolute atomic E-state index is 0.0222. The van der Waals surface area contributed by atoms with E-state index in [1.54, 1.807) is 18.2 Å². The molecule has 2 aromatic carbocycles. The van der Waals surface area contributed by atoms with E-state index < -0.39 is 0 Å². The molecule has 0 fully saturated rings. The Morgan fingerprint density at radius 3 is 3.00 bits per heavy atom. The van der Waals surface area contributed by atoms with Crippen LogP contribution in [0.1, 0.15) is 21.5 Å². The lowest BCUT2D eigenvalue weighted by Crippen LogP contribution is -2.05. The maximum absolute atomic E-state index is 13.4. The Kier molecular flexibility index (Phi) is 3.57. The van der Waals surface area contributed by atoms with Crippen molar-refractivity contribution in [2.75, 3.05) is 6.61 Å². The fourth-order valence-electron chi connectivity index (χ4n) is 2.32. The molecule has 4 heteroatoms. The summed E-state index contributed by atoms with van der Waals surface area (Å²) in [7, 11) is 0. The highest BCUT2D eigenvalue weighted by Gasteiger charge is 2.16. The summed E-state index contributed by atoms with van der Waals surface area (Å²) < 4.78 is 19.2. The molecule has 3 rings (SSSR count). The average Bonchev–Trinajstić information content (AvgIpc) is 2.91. The number of carbonyl (C=O) groups excluding carboxylic acids is 1. The highest BCUT2D eigenvalue weighted by Crippen LogP contribution is 2.27. The van der Waals surface area contributed by atoms with Crippen LogP contribution in [0.15, 0.2) is 40.9 Å². The predicted molar refractivity (Wildman–Crippen MR) is 77.8 cm³/mol. The summed E-state index contributed by atoms with van der Waals surface area (Å²) in [5.74, 6) is 0.483. The number of ether oxygens (including phenoxy) is 1. The molecule has 2 nitrogen and oxygen atoms in total. The van der Waals surface area contributed by atoms with Crippen LogP contribution in [0.5, 0.6) is 5.75 Å². The Labute approximate surface area is 124 Å². The first-order chi connectivity index (χ1) is 9.65. The number of halogens is 2. The van der Waals surface area contributed by atoms with E-state index in [4.69, 9.17) is 4.74 Å². The molecule has 0 amide bonds. The van der Waals surface area contributed by atoms with Crippen molar-refractivity contribution < 1.29 is 13.9 Å². The lowest BCUT2D eigenvalue weighted by atomic mass is 10.0. The standard InChI is InChI=1S/C16H12BrFO2/c17-16-12(2-1-3-13(16)18)9-14(19)10-4-5-15-11(8-10)6-7-20-15/h1-5,8H,6-7,9H2. The Balaban J connectivity index is 1.84. The molecule has 0 aromatic heterocycles. The third-order valence-electron chi connectivity index (χ3n) is 3.39. The van der Waals surface area contributed by atoms with Crippen molar-refractivity contribution in [1.82, 2.24) is 0 Å². The summed E-state index contributed by atoms with van der Waals surface area (Å²) in [4.78, 5) is 12.3. The maximum atomic E-state index is 13.4. The molecule has 0 saturated carbocycles.